The molecule has 124 valence electrons. The SMILES string of the molecule is O/N=C(\Cc1cccc(OC(F)(F)F)c1)c1ccnc2c1CC=N2. The fourth-order valence-corrected chi connectivity index (χ4v) is 2.52. The van der Waals surface area contributed by atoms with Gasteiger partial charge in [0.15, 0.2) is 5.82 Å². The van der Waals surface area contributed by atoms with Crippen LogP contribution in [0.25, 0.3) is 0 Å². The number of alkyl halides is 3. The average molecular weight is 335 g/mol. The molecule has 8 heteroatoms. The zero-order valence-corrected chi connectivity index (χ0v) is 12.3. The first-order valence-corrected chi connectivity index (χ1v) is 7.02. The van der Waals surface area contributed by atoms with Gasteiger partial charge in [-0.25, -0.2) is 9.98 Å². The summed E-state index contributed by atoms with van der Waals surface area (Å²) in [6.07, 6.45) is -0.800. The lowest BCUT2D eigenvalue weighted by molar-refractivity contribution is -0.274. The zero-order valence-electron chi connectivity index (χ0n) is 12.3. The van der Waals surface area contributed by atoms with Crippen LogP contribution < -0.4 is 4.74 Å². The minimum Gasteiger partial charge on any atom is -0.411 e. The van der Waals surface area contributed by atoms with Crippen LogP contribution in [0.2, 0.25) is 0 Å². The topological polar surface area (TPSA) is 67.1 Å². The van der Waals surface area contributed by atoms with Crippen LogP contribution in [0.5, 0.6) is 5.75 Å². The number of ether oxygens (including phenoxy) is 1. The highest BCUT2D eigenvalue weighted by molar-refractivity contribution is 6.04. The maximum atomic E-state index is 12.3. The van der Waals surface area contributed by atoms with Crippen molar-refractivity contribution in [2.75, 3.05) is 0 Å². The smallest absolute Gasteiger partial charge is 0.411 e. The van der Waals surface area contributed by atoms with Crippen molar-refractivity contribution in [3.8, 4) is 5.75 Å². The van der Waals surface area contributed by atoms with Crippen molar-refractivity contribution in [3.05, 3.63) is 53.2 Å². The summed E-state index contributed by atoms with van der Waals surface area (Å²) in [5, 5.41) is 12.6. The molecule has 3 rings (SSSR count). The van der Waals surface area contributed by atoms with Crippen molar-refractivity contribution in [1.29, 1.82) is 0 Å². The molecule has 2 heterocycles. The zero-order chi connectivity index (χ0) is 17.2. The molecule has 0 aliphatic carbocycles. The van der Waals surface area contributed by atoms with Crippen LogP contribution in [-0.4, -0.2) is 28.5 Å². The third kappa shape index (κ3) is 3.53. The van der Waals surface area contributed by atoms with Gasteiger partial charge in [-0.15, -0.1) is 13.2 Å². The van der Waals surface area contributed by atoms with Crippen molar-refractivity contribution in [2.45, 2.75) is 19.2 Å². The lowest BCUT2D eigenvalue weighted by atomic mass is 9.98. The molecule has 1 aliphatic rings. The van der Waals surface area contributed by atoms with Crippen molar-refractivity contribution < 1.29 is 23.1 Å². The Kier molecular flexibility index (Phi) is 4.20. The molecule has 0 fully saturated rings. The maximum absolute atomic E-state index is 12.3. The van der Waals surface area contributed by atoms with Crippen LogP contribution in [-0.2, 0) is 12.8 Å². The van der Waals surface area contributed by atoms with Crippen LogP contribution in [0.4, 0.5) is 19.0 Å². The Morgan fingerprint density at radius 3 is 2.88 bits per heavy atom. The standard InChI is InChI=1S/C16H12F3N3O2/c17-16(18,19)24-11-3-1-2-10(8-11)9-14(22-23)12-4-6-20-15-13(12)5-7-21-15/h1-4,6-8,23H,5,9H2/b22-14+. The summed E-state index contributed by atoms with van der Waals surface area (Å²) in [4.78, 5) is 8.24. The van der Waals surface area contributed by atoms with E-state index in [1.807, 2.05) is 0 Å². The van der Waals surface area contributed by atoms with E-state index in [0.717, 1.165) is 5.56 Å². The fourth-order valence-electron chi connectivity index (χ4n) is 2.52. The molecule has 1 aliphatic heterocycles. The molecule has 0 amide bonds. The monoisotopic (exact) mass is 335 g/mol. The number of aromatic nitrogens is 1. The highest BCUT2D eigenvalue weighted by Crippen LogP contribution is 2.27. The lowest BCUT2D eigenvalue weighted by Crippen LogP contribution is -2.17. The van der Waals surface area contributed by atoms with Gasteiger partial charge in [-0.1, -0.05) is 17.3 Å². The number of fused-ring (bicyclic) bond motifs is 1. The lowest BCUT2D eigenvalue weighted by Gasteiger charge is -2.11. The van der Waals surface area contributed by atoms with E-state index >= 15 is 0 Å². The molecule has 2 aromatic rings. The molecule has 0 atom stereocenters. The number of nitrogens with zero attached hydrogens (tertiary/aromatic N) is 3. The second-order valence-corrected chi connectivity index (χ2v) is 5.10. The molecule has 0 spiro atoms. The Morgan fingerprint density at radius 1 is 1.29 bits per heavy atom. The van der Waals surface area contributed by atoms with E-state index in [-0.39, 0.29) is 12.2 Å². The number of hydrogen-bond acceptors (Lipinski definition) is 5. The van der Waals surface area contributed by atoms with Gasteiger partial charge in [0.05, 0.1) is 5.71 Å². The molecule has 0 radical (unpaired) electrons. The molecule has 1 aromatic carbocycles. The third-order valence-corrected chi connectivity index (χ3v) is 3.48. The van der Waals surface area contributed by atoms with Crippen LogP contribution in [0.3, 0.4) is 0 Å². The van der Waals surface area contributed by atoms with Crippen LogP contribution in [0, 0.1) is 0 Å². The van der Waals surface area contributed by atoms with Crippen LogP contribution in [0.1, 0.15) is 16.7 Å². The number of pyridine rings is 1. The number of benzene rings is 1. The van der Waals surface area contributed by atoms with Gasteiger partial charge >= 0.3 is 6.36 Å². The normalized spacial score (nSPS) is 13.9. The first kappa shape index (κ1) is 16.0. The first-order chi connectivity index (χ1) is 11.5. The number of hydrogen-bond donors (Lipinski definition) is 1. The van der Waals surface area contributed by atoms with Gasteiger partial charge in [0.1, 0.15) is 5.75 Å². The Hall–Kier alpha value is -2.90. The summed E-state index contributed by atoms with van der Waals surface area (Å²) >= 11 is 0. The molecule has 24 heavy (non-hydrogen) atoms. The Bertz CT molecular complexity index is 816. The van der Waals surface area contributed by atoms with E-state index in [1.165, 1.54) is 18.2 Å². The minimum atomic E-state index is -4.75. The molecule has 0 saturated heterocycles. The van der Waals surface area contributed by atoms with Gasteiger partial charge in [0.2, 0.25) is 0 Å². The largest absolute Gasteiger partial charge is 0.573 e. The molecule has 5 nitrogen and oxygen atoms in total. The highest BCUT2D eigenvalue weighted by atomic mass is 19.4. The van der Waals surface area contributed by atoms with Crippen molar-refractivity contribution in [1.82, 2.24) is 4.98 Å². The van der Waals surface area contributed by atoms with Gasteiger partial charge in [0, 0.05) is 36.4 Å². The van der Waals surface area contributed by atoms with Gasteiger partial charge in [-0.3, -0.25) is 0 Å². The van der Waals surface area contributed by atoms with Gasteiger partial charge in [-0.2, -0.15) is 0 Å². The third-order valence-electron chi connectivity index (χ3n) is 3.48. The molecule has 1 aromatic heterocycles. The number of rotatable bonds is 4. The van der Waals surface area contributed by atoms with Crippen LogP contribution >= 0.6 is 0 Å². The first-order valence-electron chi connectivity index (χ1n) is 7.02. The fraction of sp³-hybridized carbons (Fsp3) is 0.188. The summed E-state index contributed by atoms with van der Waals surface area (Å²) in [6.45, 7) is 0. The molecular weight excluding hydrogens is 323 g/mol. The molecule has 0 unspecified atom stereocenters. The number of halogens is 3. The molecule has 1 N–H and O–H groups in total. The summed E-state index contributed by atoms with van der Waals surface area (Å²) in [5.74, 6) is 0.239. The Labute approximate surface area is 135 Å². The van der Waals surface area contributed by atoms with Gasteiger partial charge in [0.25, 0.3) is 0 Å². The second kappa shape index (κ2) is 6.31. The van der Waals surface area contributed by atoms with Crippen LogP contribution in [0.15, 0.2) is 46.7 Å². The van der Waals surface area contributed by atoms with E-state index in [1.54, 1.807) is 24.5 Å². The Balaban J connectivity index is 1.85. The van der Waals surface area contributed by atoms with Crippen molar-refractivity contribution in [2.24, 2.45) is 10.1 Å². The second-order valence-electron chi connectivity index (χ2n) is 5.10. The minimum absolute atomic E-state index is 0.141. The summed E-state index contributed by atoms with van der Waals surface area (Å²) < 4.78 is 40.8. The molecule has 0 bridgehead atoms. The number of oxime groups is 1. The average Bonchev–Trinajstić information content (AvgIpc) is 3.00. The quantitative estimate of drug-likeness (QED) is 0.527. The van der Waals surface area contributed by atoms with Gasteiger partial charge < -0.3 is 9.94 Å². The molecular formula is C16H12F3N3O2. The number of aliphatic imine (C=N–C) groups is 1. The van der Waals surface area contributed by atoms with Crippen molar-refractivity contribution in [3.63, 3.8) is 0 Å². The highest BCUT2D eigenvalue weighted by Gasteiger charge is 2.31. The van der Waals surface area contributed by atoms with Crippen molar-refractivity contribution >= 4 is 17.7 Å². The predicted octanol–water partition coefficient (Wildman–Crippen LogP) is 3.66. The van der Waals surface area contributed by atoms with E-state index in [9.17, 15) is 18.4 Å². The maximum Gasteiger partial charge on any atom is 0.573 e. The van der Waals surface area contributed by atoms with E-state index < -0.39 is 6.36 Å². The summed E-state index contributed by atoms with van der Waals surface area (Å²) in [6, 6.07) is 7.25. The Morgan fingerprint density at radius 2 is 2.12 bits per heavy atom. The molecule has 0 saturated carbocycles. The van der Waals surface area contributed by atoms with E-state index in [4.69, 9.17) is 0 Å². The summed E-state index contributed by atoms with van der Waals surface area (Å²) in [5.41, 5.74) is 2.34. The van der Waals surface area contributed by atoms with E-state index in [2.05, 4.69) is 19.9 Å². The van der Waals surface area contributed by atoms with E-state index in [0.29, 0.717) is 29.1 Å². The van der Waals surface area contributed by atoms with Gasteiger partial charge in [-0.05, 0) is 23.8 Å². The predicted molar refractivity (Wildman–Crippen MR) is 81.2 cm³/mol. The summed E-state index contributed by atoms with van der Waals surface area (Å²) in [7, 11) is 0.